The SMILES string of the molecule is Cn1cnc2cc(C=C3C(=O)OC(C)(C)OC3=O)ccc21. The molecule has 0 unspecified atom stereocenters. The van der Waals surface area contributed by atoms with Crippen molar-refractivity contribution in [3.8, 4) is 0 Å². The van der Waals surface area contributed by atoms with E-state index in [1.165, 1.54) is 19.9 Å². The van der Waals surface area contributed by atoms with E-state index < -0.39 is 17.7 Å². The molecular formula is C15H14N2O4. The van der Waals surface area contributed by atoms with E-state index in [0.717, 1.165) is 11.0 Å². The second-order valence-corrected chi connectivity index (χ2v) is 5.34. The van der Waals surface area contributed by atoms with Gasteiger partial charge in [0, 0.05) is 20.9 Å². The molecule has 6 heteroatoms. The fourth-order valence-corrected chi connectivity index (χ4v) is 2.19. The zero-order valence-electron chi connectivity index (χ0n) is 11.9. The van der Waals surface area contributed by atoms with Crippen LogP contribution in [0.15, 0.2) is 30.1 Å². The van der Waals surface area contributed by atoms with Crippen LogP contribution in [0.1, 0.15) is 19.4 Å². The van der Waals surface area contributed by atoms with Crippen molar-refractivity contribution in [2.24, 2.45) is 7.05 Å². The highest BCUT2D eigenvalue weighted by Gasteiger charge is 2.38. The maximum absolute atomic E-state index is 11.9. The highest BCUT2D eigenvalue weighted by Crippen LogP contribution is 2.24. The summed E-state index contributed by atoms with van der Waals surface area (Å²) >= 11 is 0. The number of benzene rings is 1. The third-order valence-electron chi connectivity index (χ3n) is 3.18. The average molecular weight is 286 g/mol. The van der Waals surface area contributed by atoms with Crippen LogP contribution in [-0.4, -0.2) is 27.3 Å². The second-order valence-electron chi connectivity index (χ2n) is 5.34. The van der Waals surface area contributed by atoms with Crippen molar-refractivity contribution in [3.63, 3.8) is 0 Å². The van der Waals surface area contributed by atoms with Gasteiger partial charge in [0.25, 0.3) is 5.79 Å². The van der Waals surface area contributed by atoms with Crippen LogP contribution in [0.4, 0.5) is 0 Å². The molecule has 0 amide bonds. The Hall–Kier alpha value is -2.63. The van der Waals surface area contributed by atoms with Gasteiger partial charge < -0.3 is 14.0 Å². The Kier molecular flexibility index (Phi) is 2.83. The molecule has 1 aliphatic rings. The molecule has 1 aliphatic heterocycles. The Morgan fingerprint density at radius 3 is 2.52 bits per heavy atom. The van der Waals surface area contributed by atoms with E-state index in [1.807, 2.05) is 17.7 Å². The lowest BCUT2D eigenvalue weighted by atomic mass is 10.1. The number of carbonyl (C=O) groups excluding carboxylic acids is 2. The van der Waals surface area contributed by atoms with E-state index in [2.05, 4.69) is 4.98 Å². The number of hydrogen-bond donors (Lipinski definition) is 0. The summed E-state index contributed by atoms with van der Waals surface area (Å²) in [4.78, 5) is 28.0. The molecule has 2 heterocycles. The maximum Gasteiger partial charge on any atom is 0.348 e. The van der Waals surface area contributed by atoms with Crippen molar-refractivity contribution < 1.29 is 19.1 Å². The van der Waals surface area contributed by atoms with Gasteiger partial charge in [0.15, 0.2) is 0 Å². The largest absolute Gasteiger partial charge is 0.419 e. The van der Waals surface area contributed by atoms with Gasteiger partial charge in [-0.3, -0.25) is 0 Å². The predicted molar refractivity (Wildman–Crippen MR) is 75.0 cm³/mol. The molecule has 1 aromatic heterocycles. The molecule has 3 rings (SSSR count). The minimum Gasteiger partial charge on any atom is -0.419 e. The van der Waals surface area contributed by atoms with Crippen molar-refractivity contribution in [1.29, 1.82) is 0 Å². The summed E-state index contributed by atoms with van der Waals surface area (Å²) in [6.07, 6.45) is 3.15. The molecule has 1 aromatic carbocycles. The number of hydrogen-bond acceptors (Lipinski definition) is 5. The zero-order chi connectivity index (χ0) is 15.2. The predicted octanol–water partition coefficient (Wildman–Crippen LogP) is 1.79. The highest BCUT2D eigenvalue weighted by molar-refractivity contribution is 6.19. The number of nitrogens with zero attached hydrogens (tertiary/aromatic N) is 2. The topological polar surface area (TPSA) is 70.4 Å². The van der Waals surface area contributed by atoms with Gasteiger partial charge in [0.1, 0.15) is 5.57 Å². The summed E-state index contributed by atoms with van der Waals surface area (Å²) in [5, 5.41) is 0. The lowest BCUT2D eigenvalue weighted by Crippen LogP contribution is -2.41. The van der Waals surface area contributed by atoms with E-state index in [-0.39, 0.29) is 5.57 Å². The Morgan fingerprint density at radius 2 is 1.86 bits per heavy atom. The maximum atomic E-state index is 11.9. The smallest absolute Gasteiger partial charge is 0.348 e. The first-order valence-electron chi connectivity index (χ1n) is 6.45. The summed E-state index contributed by atoms with van der Waals surface area (Å²) in [5.74, 6) is -2.59. The summed E-state index contributed by atoms with van der Waals surface area (Å²) < 4.78 is 12.0. The second kappa shape index (κ2) is 4.44. The summed E-state index contributed by atoms with van der Waals surface area (Å²) in [6, 6.07) is 5.47. The Morgan fingerprint density at radius 1 is 1.19 bits per heavy atom. The lowest BCUT2D eigenvalue weighted by molar-refractivity contribution is -0.222. The number of rotatable bonds is 1. The highest BCUT2D eigenvalue weighted by atomic mass is 16.7. The number of aryl methyl sites for hydroxylation is 1. The summed E-state index contributed by atoms with van der Waals surface area (Å²) in [5.41, 5.74) is 2.31. The van der Waals surface area contributed by atoms with Crippen LogP contribution in [0.5, 0.6) is 0 Å². The first-order chi connectivity index (χ1) is 9.85. The van der Waals surface area contributed by atoms with Gasteiger partial charge in [-0.1, -0.05) is 6.07 Å². The lowest BCUT2D eigenvalue weighted by Gasteiger charge is -2.29. The van der Waals surface area contributed by atoms with Crippen molar-refractivity contribution >= 4 is 29.0 Å². The first kappa shape index (κ1) is 13.4. The van der Waals surface area contributed by atoms with Gasteiger partial charge in [0.05, 0.1) is 17.4 Å². The van der Waals surface area contributed by atoms with E-state index in [9.17, 15) is 9.59 Å². The number of carbonyl (C=O) groups is 2. The van der Waals surface area contributed by atoms with Crippen LogP contribution in [-0.2, 0) is 26.1 Å². The summed E-state index contributed by atoms with van der Waals surface area (Å²) in [7, 11) is 1.89. The van der Waals surface area contributed by atoms with Crippen LogP contribution in [0.25, 0.3) is 17.1 Å². The molecule has 0 N–H and O–H groups in total. The molecule has 0 atom stereocenters. The molecule has 108 valence electrons. The normalized spacial score (nSPS) is 17.6. The molecule has 21 heavy (non-hydrogen) atoms. The molecule has 2 aromatic rings. The molecule has 0 spiro atoms. The molecule has 0 bridgehead atoms. The third-order valence-corrected chi connectivity index (χ3v) is 3.18. The van der Waals surface area contributed by atoms with Gasteiger partial charge in [0.2, 0.25) is 0 Å². The van der Waals surface area contributed by atoms with E-state index >= 15 is 0 Å². The quantitative estimate of drug-likeness (QED) is 0.454. The fraction of sp³-hybridized carbons (Fsp3) is 0.267. The molecule has 6 nitrogen and oxygen atoms in total. The molecule has 0 radical (unpaired) electrons. The summed E-state index contributed by atoms with van der Waals surface area (Å²) in [6.45, 7) is 3.03. The monoisotopic (exact) mass is 286 g/mol. The van der Waals surface area contributed by atoms with Crippen molar-refractivity contribution in [1.82, 2.24) is 9.55 Å². The zero-order valence-corrected chi connectivity index (χ0v) is 11.9. The minimum absolute atomic E-state index is 0.121. The van der Waals surface area contributed by atoms with Gasteiger partial charge in [-0.25, -0.2) is 14.6 Å². The number of ether oxygens (including phenoxy) is 2. The third kappa shape index (κ3) is 2.40. The van der Waals surface area contributed by atoms with Gasteiger partial charge in [-0.05, 0) is 23.8 Å². The van der Waals surface area contributed by atoms with E-state index in [4.69, 9.17) is 9.47 Å². The van der Waals surface area contributed by atoms with Crippen LogP contribution >= 0.6 is 0 Å². The molecule has 0 saturated carbocycles. The van der Waals surface area contributed by atoms with Gasteiger partial charge in [-0.2, -0.15) is 0 Å². The number of esters is 2. The molecule has 0 aliphatic carbocycles. The number of cyclic esters (lactones) is 2. The number of fused-ring (bicyclic) bond motifs is 1. The van der Waals surface area contributed by atoms with Crippen molar-refractivity contribution in [2.75, 3.05) is 0 Å². The Bertz CT molecular complexity index is 764. The van der Waals surface area contributed by atoms with E-state index in [0.29, 0.717) is 5.56 Å². The minimum atomic E-state index is -1.23. The van der Waals surface area contributed by atoms with E-state index in [1.54, 1.807) is 18.5 Å². The standard InChI is InChI=1S/C15H14N2O4/c1-15(2)20-13(18)10(14(19)21-15)6-9-4-5-12-11(7-9)16-8-17(12)3/h4-8H,1-3H3. The van der Waals surface area contributed by atoms with Crippen LogP contribution in [0.3, 0.4) is 0 Å². The molecule has 1 saturated heterocycles. The number of imidazole rings is 1. The van der Waals surface area contributed by atoms with Gasteiger partial charge >= 0.3 is 11.9 Å². The molecular weight excluding hydrogens is 272 g/mol. The van der Waals surface area contributed by atoms with Crippen LogP contribution in [0, 0.1) is 0 Å². The Balaban J connectivity index is 1.99. The number of aromatic nitrogens is 2. The van der Waals surface area contributed by atoms with Crippen LogP contribution in [0.2, 0.25) is 0 Å². The Labute approximate surface area is 121 Å². The van der Waals surface area contributed by atoms with Crippen molar-refractivity contribution in [3.05, 3.63) is 35.7 Å². The fourth-order valence-electron chi connectivity index (χ4n) is 2.19. The van der Waals surface area contributed by atoms with Gasteiger partial charge in [-0.15, -0.1) is 0 Å². The van der Waals surface area contributed by atoms with Crippen molar-refractivity contribution in [2.45, 2.75) is 19.6 Å². The first-order valence-corrected chi connectivity index (χ1v) is 6.45. The average Bonchev–Trinajstić information content (AvgIpc) is 2.74. The van der Waals surface area contributed by atoms with Crippen LogP contribution < -0.4 is 0 Å². The molecule has 1 fully saturated rings.